The number of fused-ring (bicyclic) bond motifs is 2. The number of hydrogen-bond acceptors (Lipinski definition) is 8. The number of pyridine rings is 1. The van der Waals surface area contributed by atoms with Crippen molar-refractivity contribution in [2.24, 2.45) is 5.41 Å². The third kappa shape index (κ3) is 5.70. The van der Waals surface area contributed by atoms with Gasteiger partial charge in [-0.25, -0.2) is 9.80 Å². The van der Waals surface area contributed by atoms with Gasteiger partial charge in [0.1, 0.15) is 17.4 Å². The molecule has 0 radical (unpaired) electrons. The molecule has 1 saturated heterocycles. The molecular weight excluding hydrogens is 508 g/mol. The topological polar surface area (TPSA) is 101 Å². The Morgan fingerprint density at radius 1 is 1.07 bits per heavy atom. The van der Waals surface area contributed by atoms with Gasteiger partial charge in [0.05, 0.1) is 16.6 Å². The molecule has 40 heavy (non-hydrogen) atoms. The van der Waals surface area contributed by atoms with E-state index in [1.165, 1.54) is 0 Å². The lowest BCUT2D eigenvalue weighted by atomic mass is 9.65. The molecule has 3 aliphatic rings. The Morgan fingerprint density at radius 2 is 1.80 bits per heavy atom. The maximum Gasteiger partial charge on any atom is 0.344 e. The van der Waals surface area contributed by atoms with Crippen LogP contribution in [0.1, 0.15) is 77.6 Å². The van der Waals surface area contributed by atoms with Crippen molar-refractivity contribution in [2.45, 2.75) is 84.4 Å². The molecule has 1 aromatic carbocycles. The number of ketones is 1. The highest BCUT2D eigenvalue weighted by Crippen LogP contribution is 2.48. The van der Waals surface area contributed by atoms with Crippen LogP contribution in [0.15, 0.2) is 42.2 Å². The predicted molar refractivity (Wildman–Crippen MR) is 151 cm³/mol. The van der Waals surface area contributed by atoms with Crippen LogP contribution in [0.5, 0.6) is 5.75 Å². The van der Waals surface area contributed by atoms with Crippen molar-refractivity contribution in [3.05, 3.63) is 47.8 Å². The summed E-state index contributed by atoms with van der Waals surface area (Å²) in [6, 6.07) is 6.45. The van der Waals surface area contributed by atoms with Crippen LogP contribution in [0.25, 0.3) is 10.9 Å². The third-order valence-corrected chi connectivity index (χ3v) is 7.79. The predicted octanol–water partition coefficient (Wildman–Crippen LogP) is 4.41. The van der Waals surface area contributed by atoms with Crippen LogP contribution >= 0.6 is 0 Å². The number of ether oxygens (including phenoxy) is 2. The largest absolute Gasteiger partial charge is 0.482 e. The van der Waals surface area contributed by atoms with Crippen molar-refractivity contribution in [1.82, 2.24) is 20.3 Å². The monoisotopic (exact) mass is 548 g/mol. The van der Waals surface area contributed by atoms with Gasteiger partial charge in [-0.05, 0) is 109 Å². The molecule has 0 bridgehead atoms. The average Bonchev–Trinajstić information content (AvgIpc) is 3.26. The summed E-state index contributed by atoms with van der Waals surface area (Å²) in [5.41, 5.74) is 1.07. The van der Waals surface area contributed by atoms with Crippen molar-refractivity contribution in [3.63, 3.8) is 0 Å². The fourth-order valence-corrected chi connectivity index (χ4v) is 6.02. The fraction of sp³-hybridized carbons (Fsp3) is 0.548. The standard InChI is InChI=1S/C31H40N4O5/c1-29(2,3)34-18-22-15-31(9-11-32-12-10-31)16-25(36)27(22)35(34)28(38)21-13-20-14-23(7-8-24(20)33-17-21)39-19-26(37)40-30(4,5)6/h7-8,13-14,17-18,27,32H,9-12,15-16,19H2,1-6H3. The zero-order valence-electron chi connectivity index (χ0n) is 24.4. The summed E-state index contributed by atoms with van der Waals surface area (Å²) in [5, 5.41) is 7.67. The smallest absolute Gasteiger partial charge is 0.344 e. The van der Waals surface area contributed by atoms with Gasteiger partial charge < -0.3 is 14.8 Å². The van der Waals surface area contributed by atoms with E-state index in [0.717, 1.165) is 37.9 Å². The Bertz CT molecular complexity index is 1360. The van der Waals surface area contributed by atoms with Gasteiger partial charge in [-0.2, -0.15) is 0 Å². The van der Waals surface area contributed by atoms with E-state index in [1.54, 1.807) is 56.2 Å². The first-order chi connectivity index (χ1) is 18.7. The van der Waals surface area contributed by atoms with Crippen molar-refractivity contribution in [3.8, 4) is 5.75 Å². The molecule has 1 atom stereocenters. The van der Waals surface area contributed by atoms with Gasteiger partial charge in [-0.1, -0.05) is 0 Å². The van der Waals surface area contributed by atoms with E-state index in [2.05, 4.69) is 10.3 Å². The minimum absolute atomic E-state index is 0.0203. The molecule has 5 rings (SSSR count). The van der Waals surface area contributed by atoms with Crippen LogP contribution in [0, 0.1) is 5.41 Å². The van der Waals surface area contributed by atoms with Gasteiger partial charge in [0.15, 0.2) is 12.4 Å². The number of hydrazine groups is 1. The number of nitrogens with one attached hydrogen (secondary N) is 1. The van der Waals surface area contributed by atoms with Gasteiger partial charge in [-0.15, -0.1) is 0 Å². The van der Waals surface area contributed by atoms with E-state index >= 15 is 0 Å². The minimum atomic E-state index is -0.595. The first kappa shape index (κ1) is 28.1. The molecule has 214 valence electrons. The summed E-state index contributed by atoms with van der Waals surface area (Å²) in [7, 11) is 0. The number of esters is 1. The van der Waals surface area contributed by atoms with Crippen LogP contribution in [0.4, 0.5) is 0 Å². The molecular formula is C31H40N4O5. The van der Waals surface area contributed by atoms with Gasteiger partial charge in [0.2, 0.25) is 0 Å². The van der Waals surface area contributed by atoms with Gasteiger partial charge in [-0.3, -0.25) is 19.6 Å². The van der Waals surface area contributed by atoms with E-state index in [9.17, 15) is 14.4 Å². The van der Waals surface area contributed by atoms with E-state index in [4.69, 9.17) is 9.47 Å². The molecule has 1 unspecified atom stereocenters. The summed E-state index contributed by atoms with van der Waals surface area (Å²) in [4.78, 5) is 44.4. The lowest BCUT2D eigenvalue weighted by Gasteiger charge is -2.45. The molecule has 1 spiro atoms. The number of nitrogens with zero attached hydrogens (tertiary/aromatic N) is 3. The first-order valence-corrected chi connectivity index (χ1v) is 14.1. The molecule has 3 heterocycles. The fourth-order valence-electron chi connectivity index (χ4n) is 6.02. The quantitative estimate of drug-likeness (QED) is 0.561. The van der Waals surface area contributed by atoms with Crippen molar-refractivity contribution in [2.75, 3.05) is 19.7 Å². The Hall–Kier alpha value is -3.46. The molecule has 1 saturated carbocycles. The molecule has 9 nitrogen and oxygen atoms in total. The van der Waals surface area contributed by atoms with E-state index in [0.29, 0.717) is 28.6 Å². The van der Waals surface area contributed by atoms with Gasteiger partial charge >= 0.3 is 5.97 Å². The summed E-state index contributed by atoms with van der Waals surface area (Å²) < 4.78 is 11.0. The van der Waals surface area contributed by atoms with Gasteiger partial charge in [0.25, 0.3) is 5.91 Å². The molecule has 9 heteroatoms. The normalized spacial score (nSPS) is 20.9. The zero-order chi connectivity index (χ0) is 28.9. The number of carbonyl (C=O) groups excluding carboxylic acids is 3. The third-order valence-electron chi connectivity index (χ3n) is 7.79. The Morgan fingerprint density at radius 3 is 2.48 bits per heavy atom. The molecule has 1 aliphatic carbocycles. The second-order valence-electron chi connectivity index (χ2n) is 13.3. The second-order valence-corrected chi connectivity index (χ2v) is 13.3. The SMILES string of the molecule is CC(C)(C)OC(=O)COc1ccc2ncc(C(=O)N3C4C(=O)CC5(CCNCC5)CC4=CN3C(C)(C)C)cc2c1. The molecule has 2 aliphatic heterocycles. The van der Waals surface area contributed by atoms with Crippen LogP contribution < -0.4 is 10.1 Å². The number of Topliss-reactive ketones (excluding diaryl/α,β-unsaturated/α-hetero) is 1. The summed E-state index contributed by atoms with van der Waals surface area (Å²) in [6.45, 7) is 13.1. The van der Waals surface area contributed by atoms with Crippen LogP contribution in [-0.2, 0) is 14.3 Å². The second kappa shape index (κ2) is 10.2. The summed E-state index contributed by atoms with van der Waals surface area (Å²) in [6.07, 6.45) is 6.85. The first-order valence-electron chi connectivity index (χ1n) is 14.1. The van der Waals surface area contributed by atoms with E-state index < -0.39 is 23.2 Å². The molecule has 1 N–H and O–H groups in total. The van der Waals surface area contributed by atoms with E-state index in [1.807, 2.05) is 32.0 Å². The van der Waals surface area contributed by atoms with Crippen LogP contribution in [0.2, 0.25) is 0 Å². The number of carbonyl (C=O) groups is 3. The Labute approximate surface area is 235 Å². The highest BCUT2D eigenvalue weighted by atomic mass is 16.6. The van der Waals surface area contributed by atoms with E-state index in [-0.39, 0.29) is 23.7 Å². The number of hydrogen-bond donors (Lipinski definition) is 1. The maximum atomic E-state index is 14.1. The van der Waals surface area contributed by atoms with Crippen molar-refractivity contribution >= 4 is 28.6 Å². The van der Waals surface area contributed by atoms with Gasteiger partial charge in [0, 0.05) is 24.2 Å². The lowest BCUT2D eigenvalue weighted by molar-refractivity contribution is -0.157. The summed E-state index contributed by atoms with van der Waals surface area (Å²) >= 11 is 0. The number of aromatic nitrogens is 1. The highest BCUT2D eigenvalue weighted by molar-refractivity contribution is 6.02. The number of benzene rings is 1. The highest BCUT2D eigenvalue weighted by Gasteiger charge is 2.52. The Kier molecular flexibility index (Phi) is 7.15. The molecule has 1 aromatic heterocycles. The Balaban J connectivity index is 1.40. The molecule has 1 amide bonds. The zero-order valence-corrected chi connectivity index (χ0v) is 24.4. The number of rotatable bonds is 4. The molecule has 2 aromatic rings. The number of amides is 1. The van der Waals surface area contributed by atoms with Crippen LogP contribution in [0.3, 0.4) is 0 Å². The summed E-state index contributed by atoms with van der Waals surface area (Å²) in [5.74, 6) is -0.153. The molecule has 2 fully saturated rings. The lowest BCUT2D eigenvalue weighted by Crippen LogP contribution is -2.57. The average molecular weight is 549 g/mol. The maximum absolute atomic E-state index is 14.1. The van der Waals surface area contributed by atoms with Crippen molar-refractivity contribution in [1.29, 1.82) is 0 Å². The van der Waals surface area contributed by atoms with Crippen molar-refractivity contribution < 1.29 is 23.9 Å². The minimum Gasteiger partial charge on any atom is -0.482 e. The number of piperidine rings is 1. The van der Waals surface area contributed by atoms with Crippen LogP contribution in [-0.4, -0.2) is 69.5 Å².